The largest absolute Gasteiger partial charge is 0.346 e. The molecule has 0 aromatic rings. The van der Waals surface area contributed by atoms with Crippen molar-refractivity contribution in [2.24, 2.45) is 0 Å². The molecule has 0 bridgehead atoms. The first-order valence-corrected chi connectivity index (χ1v) is 8.35. The van der Waals surface area contributed by atoms with E-state index in [0.29, 0.717) is 0 Å². The molecule has 112 valence electrons. The molecule has 0 amide bonds. The Kier molecular flexibility index (Phi) is 6.62. The molecule has 2 aliphatic heterocycles. The van der Waals surface area contributed by atoms with Gasteiger partial charge in [-0.15, -0.1) is 0 Å². The number of hydrogen-bond acceptors (Lipinski definition) is 3. The van der Waals surface area contributed by atoms with Gasteiger partial charge in [-0.25, -0.2) is 0 Å². The van der Waals surface area contributed by atoms with E-state index in [0.717, 1.165) is 26.2 Å². The molecule has 2 aliphatic rings. The smallest absolute Gasteiger partial charge is 0.181 e. The summed E-state index contributed by atoms with van der Waals surface area (Å²) in [5, 5.41) is 0. The maximum atomic E-state index is 5.82. The van der Waals surface area contributed by atoms with Gasteiger partial charge < -0.3 is 9.47 Å². The maximum absolute atomic E-state index is 5.82. The molecule has 0 N–H and O–H groups in total. The van der Waals surface area contributed by atoms with Gasteiger partial charge in [0.1, 0.15) is 0 Å². The fraction of sp³-hybridized carbons (Fsp3) is 1.00. The van der Waals surface area contributed by atoms with E-state index in [1.165, 1.54) is 64.5 Å². The van der Waals surface area contributed by atoms with Crippen LogP contribution in [0.25, 0.3) is 0 Å². The van der Waals surface area contributed by atoms with Gasteiger partial charge in [0.25, 0.3) is 0 Å². The third-order valence-electron chi connectivity index (χ3n) is 4.39. The van der Waals surface area contributed by atoms with Crippen molar-refractivity contribution in [3.05, 3.63) is 0 Å². The zero-order valence-electron chi connectivity index (χ0n) is 12.7. The van der Waals surface area contributed by atoms with Gasteiger partial charge in [0.05, 0.1) is 19.8 Å². The molecule has 3 heteroatoms. The van der Waals surface area contributed by atoms with Crippen molar-refractivity contribution in [3.8, 4) is 0 Å². The first kappa shape index (κ1) is 15.3. The topological polar surface area (TPSA) is 21.7 Å². The van der Waals surface area contributed by atoms with Crippen LogP contribution in [0.1, 0.15) is 64.7 Å². The standard InChI is InChI=1S/C16H31NO2/c1-2-3-4-5-6-7-8-11-17-12-9-10-16(15-17)18-13-14-19-16/h2-15H2,1H3. The van der Waals surface area contributed by atoms with Gasteiger partial charge in [-0.2, -0.15) is 0 Å². The van der Waals surface area contributed by atoms with Crippen LogP contribution < -0.4 is 0 Å². The molecule has 0 saturated carbocycles. The summed E-state index contributed by atoms with van der Waals surface area (Å²) in [6, 6.07) is 0. The van der Waals surface area contributed by atoms with Gasteiger partial charge in [-0.05, 0) is 25.9 Å². The second-order valence-electron chi connectivity index (χ2n) is 6.11. The number of nitrogens with zero attached hydrogens (tertiary/aromatic N) is 1. The number of ether oxygens (including phenoxy) is 2. The zero-order valence-corrected chi connectivity index (χ0v) is 12.7. The number of likely N-dealkylation sites (tertiary alicyclic amines) is 1. The van der Waals surface area contributed by atoms with Crippen LogP contribution in [-0.4, -0.2) is 43.5 Å². The Morgan fingerprint density at radius 3 is 2.37 bits per heavy atom. The molecule has 2 rings (SSSR count). The lowest BCUT2D eigenvalue weighted by molar-refractivity contribution is -0.189. The molecule has 0 unspecified atom stereocenters. The third-order valence-corrected chi connectivity index (χ3v) is 4.39. The van der Waals surface area contributed by atoms with Crippen molar-refractivity contribution in [2.45, 2.75) is 70.5 Å². The van der Waals surface area contributed by atoms with E-state index >= 15 is 0 Å². The SMILES string of the molecule is CCCCCCCCCN1CCCC2(C1)OCCO2. The number of rotatable bonds is 8. The summed E-state index contributed by atoms with van der Waals surface area (Å²) in [4.78, 5) is 2.54. The van der Waals surface area contributed by atoms with Crippen LogP contribution in [0.4, 0.5) is 0 Å². The minimum absolute atomic E-state index is 0.237. The fourth-order valence-electron chi connectivity index (χ4n) is 3.29. The molecule has 2 heterocycles. The highest BCUT2D eigenvalue weighted by Crippen LogP contribution is 2.30. The summed E-state index contributed by atoms with van der Waals surface area (Å²) in [5.41, 5.74) is 0. The number of piperidine rings is 1. The Bertz CT molecular complexity index is 239. The van der Waals surface area contributed by atoms with E-state index in [1.807, 2.05) is 0 Å². The molecule has 19 heavy (non-hydrogen) atoms. The zero-order chi connectivity index (χ0) is 13.4. The molecular formula is C16H31NO2. The Morgan fingerprint density at radius 1 is 0.947 bits per heavy atom. The van der Waals surface area contributed by atoms with Gasteiger partial charge >= 0.3 is 0 Å². The van der Waals surface area contributed by atoms with E-state index < -0.39 is 0 Å². The Hall–Kier alpha value is -0.120. The molecule has 3 nitrogen and oxygen atoms in total. The van der Waals surface area contributed by atoms with Gasteiger partial charge in [-0.3, -0.25) is 4.90 Å². The third kappa shape index (κ3) is 5.05. The molecular weight excluding hydrogens is 238 g/mol. The highest BCUT2D eigenvalue weighted by Gasteiger charge is 2.40. The quantitative estimate of drug-likeness (QED) is 0.629. The normalized spacial score (nSPS) is 23.2. The molecule has 1 spiro atoms. The monoisotopic (exact) mass is 269 g/mol. The van der Waals surface area contributed by atoms with Crippen LogP contribution in [0.3, 0.4) is 0 Å². The van der Waals surface area contributed by atoms with Gasteiger partial charge in [0.15, 0.2) is 5.79 Å². The summed E-state index contributed by atoms with van der Waals surface area (Å²) < 4.78 is 11.6. The van der Waals surface area contributed by atoms with Gasteiger partial charge in [0, 0.05) is 6.42 Å². The van der Waals surface area contributed by atoms with Crippen LogP contribution in [0, 0.1) is 0 Å². The predicted octanol–water partition coefficient (Wildman–Crippen LogP) is 3.58. The highest BCUT2D eigenvalue weighted by atomic mass is 16.7. The molecule has 0 aromatic heterocycles. The maximum Gasteiger partial charge on any atom is 0.181 e. The summed E-state index contributed by atoms with van der Waals surface area (Å²) in [5.74, 6) is -0.237. The van der Waals surface area contributed by atoms with Gasteiger partial charge in [0.2, 0.25) is 0 Å². The van der Waals surface area contributed by atoms with E-state index in [4.69, 9.17) is 9.47 Å². The van der Waals surface area contributed by atoms with Crippen LogP contribution in [-0.2, 0) is 9.47 Å². The summed E-state index contributed by atoms with van der Waals surface area (Å²) in [7, 11) is 0. The average molecular weight is 269 g/mol. The van der Waals surface area contributed by atoms with E-state index in [1.54, 1.807) is 0 Å². The van der Waals surface area contributed by atoms with Gasteiger partial charge in [-0.1, -0.05) is 45.4 Å². The minimum atomic E-state index is -0.237. The van der Waals surface area contributed by atoms with Crippen molar-refractivity contribution in [2.75, 3.05) is 32.8 Å². The summed E-state index contributed by atoms with van der Waals surface area (Å²) >= 11 is 0. The average Bonchev–Trinajstić information content (AvgIpc) is 2.86. The van der Waals surface area contributed by atoms with Crippen molar-refractivity contribution >= 4 is 0 Å². The minimum Gasteiger partial charge on any atom is -0.346 e. The van der Waals surface area contributed by atoms with E-state index in [-0.39, 0.29) is 5.79 Å². The highest BCUT2D eigenvalue weighted by molar-refractivity contribution is 4.83. The predicted molar refractivity (Wildman–Crippen MR) is 78.3 cm³/mol. The lowest BCUT2D eigenvalue weighted by Gasteiger charge is -2.38. The van der Waals surface area contributed by atoms with Crippen molar-refractivity contribution in [3.63, 3.8) is 0 Å². The first-order valence-electron chi connectivity index (χ1n) is 8.35. The number of hydrogen-bond donors (Lipinski definition) is 0. The molecule has 0 radical (unpaired) electrons. The van der Waals surface area contributed by atoms with Crippen LogP contribution in [0.5, 0.6) is 0 Å². The van der Waals surface area contributed by atoms with Crippen LogP contribution in [0.2, 0.25) is 0 Å². The molecule has 0 aromatic carbocycles. The molecule has 2 saturated heterocycles. The van der Waals surface area contributed by atoms with Crippen molar-refractivity contribution in [1.29, 1.82) is 0 Å². The fourth-order valence-corrected chi connectivity index (χ4v) is 3.29. The lowest BCUT2D eigenvalue weighted by atomic mass is 10.0. The van der Waals surface area contributed by atoms with Crippen molar-refractivity contribution in [1.82, 2.24) is 4.90 Å². The second-order valence-corrected chi connectivity index (χ2v) is 6.11. The Morgan fingerprint density at radius 2 is 1.63 bits per heavy atom. The van der Waals surface area contributed by atoms with E-state index in [2.05, 4.69) is 11.8 Å². The Labute approximate surface area is 118 Å². The molecule has 0 atom stereocenters. The summed E-state index contributed by atoms with van der Waals surface area (Å²) in [6.07, 6.45) is 12.0. The Balaban J connectivity index is 1.53. The van der Waals surface area contributed by atoms with E-state index in [9.17, 15) is 0 Å². The van der Waals surface area contributed by atoms with Crippen LogP contribution >= 0.6 is 0 Å². The molecule has 2 fully saturated rings. The molecule has 0 aliphatic carbocycles. The van der Waals surface area contributed by atoms with Crippen molar-refractivity contribution < 1.29 is 9.47 Å². The number of unbranched alkanes of at least 4 members (excludes halogenated alkanes) is 6. The van der Waals surface area contributed by atoms with Crippen LogP contribution in [0.15, 0.2) is 0 Å². The first-order chi connectivity index (χ1) is 9.35. The second kappa shape index (κ2) is 8.23. The summed E-state index contributed by atoms with van der Waals surface area (Å²) in [6.45, 7) is 7.28. The lowest BCUT2D eigenvalue weighted by Crippen LogP contribution is -2.49.